The number of hydrogen-bond acceptors (Lipinski definition) is 4. The van der Waals surface area contributed by atoms with Crippen molar-refractivity contribution in [1.82, 2.24) is 10.2 Å². The van der Waals surface area contributed by atoms with Crippen molar-refractivity contribution in [3.8, 4) is 0 Å². The number of nitrogens with two attached hydrogens (primary N) is 1. The lowest BCUT2D eigenvalue weighted by Crippen LogP contribution is -2.49. The van der Waals surface area contributed by atoms with Crippen molar-refractivity contribution in [2.45, 2.75) is 51.7 Å². The highest BCUT2D eigenvalue weighted by Gasteiger charge is 2.27. The van der Waals surface area contributed by atoms with E-state index in [1.54, 1.807) is 4.90 Å². The average Bonchev–Trinajstić information content (AvgIpc) is 3.34. The predicted octanol–water partition coefficient (Wildman–Crippen LogP) is 0.504. The van der Waals surface area contributed by atoms with Crippen LogP contribution in [0.2, 0.25) is 0 Å². The Morgan fingerprint density at radius 3 is 2.41 bits per heavy atom. The summed E-state index contributed by atoms with van der Waals surface area (Å²) in [4.78, 5) is 25.7. The van der Waals surface area contributed by atoms with Crippen LogP contribution < -0.4 is 11.1 Å². The molecule has 0 spiro atoms. The van der Waals surface area contributed by atoms with E-state index in [4.69, 9.17) is 10.5 Å². The van der Waals surface area contributed by atoms with E-state index in [0.29, 0.717) is 13.1 Å². The summed E-state index contributed by atoms with van der Waals surface area (Å²) in [6.45, 7) is 6.10. The van der Waals surface area contributed by atoms with E-state index in [0.717, 1.165) is 25.4 Å². The van der Waals surface area contributed by atoms with E-state index in [2.05, 4.69) is 5.32 Å². The van der Waals surface area contributed by atoms with Crippen LogP contribution in [0, 0.1) is 11.8 Å². The van der Waals surface area contributed by atoms with Gasteiger partial charge in [-0.05, 0) is 37.5 Å². The molecule has 6 heteroatoms. The van der Waals surface area contributed by atoms with Gasteiger partial charge in [-0.2, -0.15) is 0 Å². The predicted molar refractivity (Wildman–Crippen MR) is 84.1 cm³/mol. The van der Waals surface area contributed by atoms with Crippen LogP contribution in [0.4, 0.5) is 0 Å². The van der Waals surface area contributed by atoms with E-state index in [9.17, 15) is 9.59 Å². The molecule has 3 N–H and O–H groups in total. The Morgan fingerprint density at radius 2 is 1.86 bits per heavy atom. The molecule has 0 bridgehead atoms. The fourth-order valence-corrected chi connectivity index (χ4v) is 2.52. The highest BCUT2D eigenvalue weighted by Crippen LogP contribution is 2.30. The van der Waals surface area contributed by atoms with Gasteiger partial charge in [0.25, 0.3) is 0 Å². The molecule has 0 unspecified atom stereocenters. The number of likely N-dealkylation sites (tertiary alicyclic amines) is 1. The smallest absolute Gasteiger partial charge is 0.241 e. The van der Waals surface area contributed by atoms with Crippen molar-refractivity contribution in [3.63, 3.8) is 0 Å². The van der Waals surface area contributed by atoms with Gasteiger partial charge in [-0.15, -0.1) is 0 Å². The maximum Gasteiger partial charge on any atom is 0.241 e. The van der Waals surface area contributed by atoms with E-state index in [-0.39, 0.29) is 30.4 Å². The van der Waals surface area contributed by atoms with Gasteiger partial charge in [0.15, 0.2) is 0 Å². The Kier molecular flexibility index (Phi) is 6.20. The Morgan fingerprint density at radius 1 is 1.23 bits per heavy atom. The normalized spacial score (nSPS) is 21.0. The van der Waals surface area contributed by atoms with E-state index < -0.39 is 6.04 Å². The van der Waals surface area contributed by atoms with Crippen LogP contribution in [-0.2, 0) is 14.3 Å². The lowest BCUT2D eigenvalue weighted by Gasteiger charge is -2.32. The molecule has 2 aliphatic rings. The summed E-state index contributed by atoms with van der Waals surface area (Å²) in [6, 6.07) is -0.561. The molecule has 2 fully saturated rings. The van der Waals surface area contributed by atoms with Gasteiger partial charge >= 0.3 is 0 Å². The standard InChI is InChI=1S/C16H29N3O3/c1-11(2)15(17)16(21)18-9-14(20)19-7-5-13(6-8-19)22-10-12-3-4-12/h11-13,15H,3-10,17H2,1-2H3,(H,18,21)/t15-/m0/s1. The van der Waals surface area contributed by atoms with E-state index in [1.165, 1.54) is 12.8 Å². The molecule has 1 atom stereocenters. The second kappa shape index (κ2) is 7.92. The van der Waals surface area contributed by atoms with Gasteiger partial charge in [-0.3, -0.25) is 9.59 Å². The van der Waals surface area contributed by atoms with Crippen molar-refractivity contribution in [3.05, 3.63) is 0 Å². The molecular weight excluding hydrogens is 282 g/mol. The molecule has 1 saturated carbocycles. The lowest BCUT2D eigenvalue weighted by molar-refractivity contribution is -0.135. The Labute approximate surface area is 132 Å². The van der Waals surface area contributed by atoms with Gasteiger partial charge in [0.05, 0.1) is 18.7 Å². The van der Waals surface area contributed by atoms with Crippen molar-refractivity contribution in [1.29, 1.82) is 0 Å². The lowest BCUT2D eigenvalue weighted by atomic mass is 10.1. The zero-order valence-corrected chi connectivity index (χ0v) is 13.7. The molecular formula is C16H29N3O3. The second-order valence-electron chi connectivity index (χ2n) is 6.84. The molecule has 0 aromatic heterocycles. The van der Waals surface area contributed by atoms with Crippen molar-refractivity contribution < 1.29 is 14.3 Å². The molecule has 1 heterocycles. The van der Waals surface area contributed by atoms with Gasteiger partial charge in [0.2, 0.25) is 11.8 Å². The molecule has 0 aromatic rings. The van der Waals surface area contributed by atoms with Crippen LogP contribution >= 0.6 is 0 Å². The van der Waals surface area contributed by atoms with Crippen LogP contribution in [0.5, 0.6) is 0 Å². The minimum atomic E-state index is -0.561. The summed E-state index contributed by atoms with van der Waals surface area (Å²) < 4.78 is 5.87. The Hall–Kier alpha value is -1.14. The minimum absolute atomic E-state index is 0.0346. The summed E-state index contributed by atoms with van der Waals surface area (Å²) in [5.74, 6) is 0.547. The average molecular weight is 311 g/mol. The number of rotatable bonds is 7. The topological polar surface area (TPSA) is 84.7 Å². The molecule has 1 aliphatic heterocycles. The number of carbonyl (C=O) groups is 2. The monoisotopic (exact) mass is 311 g/mol. The van der Waals surface area contributed by atoms with Crippen LogP contribution in [-0.4, -0.2) is 55.1 Å². The highest BCUT2D eigenvalue weighted by molar-refractivity contribution is 5.87. The Balaban J connectivity index is 1.63. The minimum Gasteiger partial charge on any atom is -0.378 e. The van der Waals surface area contributed by atoms with E-state index in [1.807, 2.05) is 13.8 Å². The van der Waals surface area contributed by atoms with Crippen LogP contribution in [0.3, 0.4) is 0 Å². The number of ether oxygens (including phenoxy) is 1. The largest absolute Gasteiger partial charge is 0.378 e. The van der Waals surface area contributed by atoms with Crippen LogP contribution in [0.15, 0.2) is 0 Å². The van der Waals surface area contributed by atoms with Gasteiger partial charge in [0, 0.05) is 19.7 Å². The zero-order chi connectivity index (χ0) is 16.1. The molecule has 1 aliphatic carbocycles. The molecule has 0 aromatic carbocycles. The van der Waals surface area contributed by atoms with Gasteiger partial charge in [0.1, 0.15) is 0 Å². The highest BCUT2D eigenvalue weighted by atomic mass is 16.5. The molecule has 2 rings (SSSR count). The first-order valence-corrected chi connectivity index (χ1v) is 8.40. The van der Waals surface area contributed by atoms with Gasteiger partial charge in [-0.25, -0.2) is 0 Å². The van der Waals surface area contributed by atoms with E-state index >= 15 is 0 Å². The molecule has 1 saturated heterocycles. The third kappa shape index (κ3) is 5.25. The molecule has 6 nitrogen and oxygen atoms in total. The molecule has 2 amide bonds. The number of hydrogen-bond donors (Lipinski definition) is 2. The molecule has 0 radical (unpaired) electrons. The molecule has 22 heavy (non-hydrogen) atoms. The van der Waals surface area contributed by atoms with Crippen molar-refractivity contribution in [2.24, 2.45) is 17.6 Å². The first-order chi connectivity index (χ1) is 10.5. The fraction of sp³-hybridized carbons (Fsp3) is 0.875. The third-order valence-corrected chi connectivity index (χ3v) is 4.49. The maximum atomic E-state index is 12.1. The summed E-state index contributed by atoms with van der Waals surface area (Å²) in [6.07, 6.45) is 4.66. The first kappa shape index (κ1) is 17.2. The van der Waals surface area contributed by atoms with Gasteiger partial charge in [-0.1, -0.05) is 13.8 Å². The maximum absolute atomic E-state index is 12.1. The zero-order valence-electron chi connectivity index (χ0n) is 13.7. The number of amides is 2. The third-order valence-electron chi connectivity index (χ3n) is 4.49. The fourth-order valence-electron chi connectivity index (χ4n) is 2.52. The van der Waals surface area contributed by atoms with Gasteiger partial charge < -0.3 is 20.7 Å². The second-order valence-corrected chi connectivity index (χ2v) is 6.84. The summed E-state index contributed by atoms with van der Waals surface area (Å²) >= 11 is 0. The first-order valence-electron chi connectivity index (χ1n) is 8.40. The van der Waals surface area contributed by atoms with Crippen LogP contribution in [0.25, 0.3) is 0 Å². The Bertz CT molecular complexity index is 388. The van der Waals surface area contributed by atoms with Crippen molar-refractivity contribution in [2.75, 3.05) is 26.2 Å². The number of nitrogens with zero attached hydrogens (tertiary/aromatic N) is 1. The van der Waals surface area contributed by atoms with Crippen molar-refractivity contribution >= 4 is 11.8 Å². The summed E-state index contributed by atoms with van der Waals surface area (Å²) in [5, 5.41) is 2.63. The van der Waals surface area contributed by atoms with Crippen LogP contribution in [0.1, 0.15) is 39.5 Å². The number of piperidine rings is 1. The SMILES string of the molecule is CC(C)[C@H](N)C(=O)NCC(=O)N1CCC(OCC2CC2)CC1. The number of nitrogens with one attached hydrogen (secondary N) is 1. The summed E-state index contributed by atoms with van der Waals surface area (Å²) in [5.41, 5.74) is 5.75. The quantitative estimate of drug-likeness (QED) is 0.717. The molecule has 126 valence electrons. The number of carbonyl (C=O) groups excluding carboxylic acids is 2. The summed E-state index contributed by atoms with van der Waals surface area (Å²) in [7, 11) is 0.